The van der Waals surface area contributed by atoms with Gasteiger partial charge in [0, 0.05) is 37.5 Å². The van der Waals surface area contributed by atoms with Crippen molar-refractivity contribution in [2.45, 2.75) is 141 Å². The molecule has 2 heterocycles. The molecule has 19 nitrogen and oxygen atoms in total. The zero-order valence-electron chi connectivity index (χ0n) is 37.2. The van der Waals surface area contributed by atoms with Gasteiger partial charge in [0.15, 0.2) is 6.23 Å². The molecule has 2 fully saturated rings. The summed E-state index contributed by atoms with van der Waals surface area (Å²) in [7, 11) is 0. The third-order valence-corrected chi connectivity index (χ3v) is 11.2. The molecule has 0 aromatic carbocycles. The van der Waals surface area contributed by atoms with Gasteiger partial charge in [-0.25, -0.2) is 0 Å². The molecule has 2 aliphatic heterocycles. The molecular weight excluding hydrogens is 809 g/mol. The maximum absolute atomic E-state index is 12.7. The number of carbonyl (C=O) groups excluding carboxylic acids is 5. The van der Waals surface area contributed by atoms with E-state index in [1.165, 1.54) is 4.90 Å². The first-order chi connectivity index (χ1) is 30.0. The summed E-state index contributed by atoms with van der Waals surface area (Å²) in [4.78, 5) is 64.8. The first kappa shape index (κ1) is 52.9. The van der Waals surface area contributed by atoms with E-state index in [1.54, 1.807) is 0 Å². The molecule has 8 N–H and O–H groups in total. The highest BCUT2D eigenvalue weighted by Gasteiger charge is 2.38. The molecule has 6 atom stereocenters. The summed E-state index contributed by atoms with van der Waals surface area (Å²) in [6.45, 7) is 7.34. The van der Waals surface area contributed by atoms with E-state index in [4.69, 9.17) is 39.9 Å². The lowest BCUT2D eigenvalue weighted by Gasteiger charge is -2.43. The van der Waals surface area contributed by atoms with E-state index in [9.17, 15) is 34.2 Å². The van der Waals surface area contributed by atoms with E-state index in [2.05, 4.69) is 10.6 Å². The van der Waals surface area contributed by atoms with E-state index in [0.29, 0.717) is 96.8 Å². The molecular formula is C43H76N6O13. The first-order valence-electron chi connectivity index (χ1n) is 22.8. The summed E-state index contributed by atoms with van der Waals surface area (Å²) in [5.74, 6) is -1.74. The normalized spacial score (nSPS) is 22.6. The van der Waals surface area contributed by atoms with Gasteiger partial charge in [-0.1, -0.05) is 33.1 Å². The highest BCUT2D eigenvalue weighted by Crippen LogP contribution is 2.31. The molecule has 0 bridgehead atoms. The Hall–Kier alpha value is -3.43. The molecule has 356 valence electrons. The number of rotatable bonds is 32. The van der Waals surface area contributed by atoms with Crippen molar-refractivity contribution >= 4 is 29.5 Å². The van der Waals surface area contributed by atoms with E-state index in [-0.39, 0.29) is 88.1 Å². The molecule has 5 amide bonds. The number of nitrogens with two attached hydrogens (primary N) is 2. The third kappa shape index (κ3) is 19.1. The lowest BCUT2D eigenvalue weighted by molar-refractivity contribution is -0.184. The van der Waals surface area contributed by atoms with E-state index < -0.39 is 30.4 Å². The lowest BCUT2D eigenvalue weighted by atomic mass is 9.97. The van der Waals surface area contributed by atoms with Crippen LogP contribution in [0.2, 0.25) is 0 Å². The summed E-state index contributed by atoms with van der Waals surface area (Å²) in [5.41, 5.74) is 13.7. The molecule has 3 aliphatic rings. The van der Waals surface area contributed by atoms with Crippen molar-refractivity contribution in [1.29, 1.82) is 0 Å². The smallest absolute Gasteiger partial charge is 0.246 e. The number of unbranched alkanes of at least 4 members (excludes halogenated alkanes) is 1. The van der Waals surface area contributed by atoms with Crippen LogP contribution in [0.3, 0.4) is 0 Å². The van der Waals surface area contributed by atoms with Crippen LogP contribution >= 0.6 is 0 Å². The predicted molar refractivity (Wildman–Crippen MR) is 228 cm³/mol. The van der Waals surface area contributed by atoms with Crippen LogP contribution in [-0.2, 0) is 52.4 Å². The molecule has 0 saturated carbocycles. The highest BCUT2D eigenvalue weighted by molar-refractivity contribution is 6.03. The molecule has 0 aromatic heterocycles. The average Bonchev–Trinajstić information content (AvgIpc) is 3.51. The van der Waals surface area contributed by atoms with Gasteiger partial charge >= 0.3 is 0 Å². The molecule has 19 heteroatoms. The molecule has 2 saturated heterocycles. The fourth-order valence-corrected chi connectivity index (χ4v) is 7.82. The summed E-state index contributed by atoms with van der Waals surface area (Å²) >= 11 is 0. The standard InChI is InChI=1S/C43H76N6O13/c1-3-10-31-28-39(54)49(42(31)56)19-21-58-23-25-60-27-26-59-24-22-57-20-16-37(52)47-33(41(45)55)11-8-9-17-46-38(53)30-61-36-13-7-5-6-12-34(40(36)44)48(18-4-2)43-35(51)15-14-32(29-50)62-43/h31-33,35-36,43,50-51H,3-30,44H2,1-2H3,(H2,45,55)(H,46,53)(H,47,52)/t31?,32-,33+,35+,36?,43+/m0/s1. The van der Waals surface area contributed by atoms with Crippen LogP contribution in [0.1, 0.15) is 110 Å². The quantitative estimate of drug-likeness (QED) is 0.0406. The number of primary amides is 1. The lowest BCUT2D eigenvalue weighted by Crippen LogP contribution is -2.52. The van der Waals surface area contributed by atoms with E-state index in [1.807, 2.05) is 18.7 Å². The van der Waals surface area contributed by atoms with Crippen LogP contribution in [0.15, 0.2) is 11.4 Å². The zero-order valence-corrected chi connectivity index (χ0v) is 37.2. The van der Waals surface area contributed by atoms with Gasteiger partial charge in [0.2, 0.25) is 29.5 Å². The van der Waals surface area contributed by atoms with E-state index in [0.717, 1.165) is 44.2 Å². The number of amides is 5. The Morgan fingerprint density at radius 1 is 0.903 bits per heavy atom. The number of likely N-dealkylation sites (tertiary alicyclic amines) is 1. The minimum atomic E-state index is -0.850. The number of nitrogens with one attached hydrogen (secondary N) is 2. The maximum Gasteiger partial charge on any atom is 0.246 e. The van der Waals surface area contributed by atoms with Gasteiger partial charge in [0.1, 0.15) is 12.6 Å². The van der Waals surface area contributed by atoms with Crippen LogP contribution in [0, 0.1) is 5.92 Å². The van der Waals surface area contributed by atoms with Crippen molar-refractivity contribution < 1.29 is 62.6 Å². The van der Waals surface area contributed by atoms with Gasteiger partial charge in [-0.05, 0) is 64.2 Å². The topological polar surface area (TPSA) is 264 Å². The van der Waals surface area contributed by atoms with Gasteiger partial charge in [-0.3, -0.25) is 28.9 Å². The van der Waals surface area contributed by atoms with Crippen molar-refractivity contribution in [1.82, 2.24) is 20.4 Å². The van der Waals surface area contributed by atoms with Crippen LogP contribution in [0.5, 0.6) is 0 Å². The van der Waals surface area contributed by atoms with Gasteiger partial charge < -0.3 is 65.6 Å². The van der Waals surface area contributed by atoms with Crippen molar-refractivity contribution in [2.24, 2.45) is 17.4 Å². The summed E-state index contributed by atoms with van der Waals surface area (Å²) in [5, 5.41) is 26.1. The number of carbonyl (C=O) groups is 5. The molecule has 2 unspecified atom stereocenters. The van der Waals surface area contributed by atoms with Crippen LogP contribution in [0.25, 0.3) is 0 Å². The van der Waals surface area contributed by atoms with Gasteiger partial charge in [-0.2, -0.15) is 0 Å². The number of aliphatic hydroxyl groups is 2. The average molecular weight is 885 g/mol. The van der Waals surface area contributed by atoms with Crippen molar-refractivity contribution in [3.05, 3.63) is 11.4 Å². The Morgan fingerprint density at radius 3 is 2.26 bits per heavy atom. The van der Waals surface area contributed by atoms with Crippen molar-refractivity contribution in [3.63, 3.8) is 0 Å². The Bertz CT molecular complexity index is 1390. The maximum atomic E-state index is 12.7. The third-order valence-electron chi connectivity index (χ3n) is 11.2. The summed E-state index contributed by atoms with van der Waals surface area (Å²) < 4.78 is 34.1. The number of allylic oxidation sites excluding steroid dienone is 1. The van der Waals surface area contributed by atoms with Gasteiger partial charge in [-0.15, -0.1) is 0 Å². The second kappa shape index (κ2) is 30.6. The number of hydrogen-bond donors (Lipinski definition) is 6. The zero-order chi connectivity index (χ0) is 45.1. The van der Waals surface area contributed by atoms with Gasteiger partial charge in [0.25, 0.3) is 0 Å². The first-order valence-corrected chi connectivity index (χ1v) is 22.8. The van der Waals surface area contributed by atoms with Crippen LogP contribution < -0.4 is 22.1 Å². The fourth-order valence-electron chi connectivity index (χ4n) is 7.82. The molecule has 3 rings (SSSR count). The van der Waals surface area contributed by atoms with Crippen LogP contribution in [0.4, 0.5) is 0 Å². The largest absolute Gasteiger partial charge is 0.399 e. The molecule has 0 radical (unpaired) electrons. The van der Waals surface area contributed by atoms with Crippen molar-refractivity contribution in [3.8, 4) is 0 Å². The Morgan fingerprint density at radius 2 is 1.60 bits per heavy atom. The summed E-state index contributed by atoms with van der Waals surface area (Å²) in [6, 6.07) is -0.850. The fraction of sp³-hybridized carbons (Fsp3) is 0.837. The van der Waals surface area contributed by atoms with E-state index >= 15 is 0 Å². The number of aliphatic hydroxyl groups excluding tert-OH is 2. The predicted octanol–water partition coefficient (Wildman–Crippen LogP) is 0.965. The van der Waals surface area contributed by atoms with Crippen molar-refractivity contribution in [2.75, 3.05) is 85.7 Å². The minimum absolute atomic E-state index is 0.0433. The van der Waals surface area contributed by atoms with Crippen LogP contribution in [-0.4, -0.2) is 166 Å². The number of imide groups is 1. The molecule has 0 spiro atoms. The second-order valence-corrected chi connectivity index (χ2v) is 16.1. The molecule has 0 aromatic rings. The Labute approximate surface area is 367 Å². The Balaban J connectivity index is 1.22. The SMILES string of the molecule is CCCC1CC(=O)N(CCOCCOCCOCCOCCC(=O)N[C@H](CCCCNC(=O)COC2CCCCCC(N(CCC)[C@@H]3O[C@H](CO)CC[C@H]3O)=C2N)C(N)=O)C1=O. The number of hydrogen-bond acceptors (Lipinski definition) is 15. The minimum Gasteiger partial charge on any atom is -0.399 e. The highest BCUT2D eigenvalue weighted by atomic mass is 16.6. The monoisotopic (exact) mass is 885 g/mol. The Kier molecular flexibility index (Phi) is 26.1. The number of nitrogens with zero attached hydrogens (tertiary/aromatic N) is 2. The second-order valence-electron chi connectivity index (χ2n) is 16.1. The summed E-state index contributed by atoms with van der Waals surface area (Å²) in [6.07, 6.45) is 7.22. The number of ether oxygens (including phenoxy) is 6. The molecule has 1 aliphatic carbocycles. The van der Waals surface area contributed by atoms with Gasteiger partial charge in [0.05, 0.1) is 90.0 Å². The molecule has 62 heavy (non-hydrogen) atoms.